The third-order valence-electron chi connectivity index (χ3n) is 2.57. The van der Waals surface area contributed by atoms with Crippen molar-refractivity contribution >= 4 is 17.4 Å². The van der Waals surface area contributed by atoms with Crippen LogP contribution in [-0.2, 0) is 11.2 Å². The lowest BCUT2D eigenvalue weighted by Crippen LogP contribution is -2.14. The third-order valence-corrected chi connectivity index (χ3v) is 2.88. The zero-order valence-corrected chi connectivity index (χ0v) is 10.9. The molecule has 2 rings (SSSR count). The van der Waals surface area contributed by atoms with Crippen LogP contribution in [0.1, 0.15) is 5.56 Å². The highest BCUT2D eigenvalue weighted by atomic mass is 35.5. The van der Waals surface area contributed by atoms with Gasteiger partial charge in [-0.2, -0.15) is 0 Å². The predicted octanol–water partition coefficient (Wildman–Crippen LogP) is 3.67. The van der Waals surface area contributed by atoms with Gasteiger partial charge in [0.1, 0.15) is 18.2 Å². The summed E-state index contributed by atoms with van der Waals surface area (Å²) in [5.41, 5.74) is 0.371. The second-order valence-corrected chi connectivity index (χ2v) is 4.43. The molecule has 2 aromatic rings. The number of hydrogen-bond acceptors (Lipinski definition) is 2. The largest absolute Gasteiger partial charge is 0.484 e. The minimum atomic E-state index is -0.381. The highest BCUT2D eigenvalue weighted by Crippen LogP contribution is 2.23. The first kappa shape index (κ1) is 13.6. The Hall–Kier alpha value is -1.87. The van der Waals surface area contributed by atoms with Crippen LogP contribution in [0, 0.1) is 5.82 Å². The molecular weight excluding hydrogens is 267 g/mol. The Morgan fingerprint density at radius 3 is 2.53 bits per heavy atom. The Morgan fingerprint density at radius 1 is 1.11 bits per heavy atom. The van der Waals surface area contributed by atoms with Gasteiger partial charge in [-0.25, -0.2) is 4.39 Å². The van der Waals surface area contributed by atoms with Crippen molar-refractivity contribution < 1.29 is 13.9 Å². The van der Waals surface area contributed by atoms with Gasteiger partial charge in [-0.3, -0.25) is 4.79 Å². The molecule has 0 unspecified atom stereocenters. The summed E-state index contributed by atoms with van der Waals surface area (Å²) >= 11 is 5.90. The van der Waals surface area contributed by atoms with Crippen LogP contribution >= 0.6 is 11.6 Å². The summed E-state index contributed by atoms with van der Waals surface area (Å²) in [6.07, 6.45) is 0.0110. The van der Waals surface area contributed by atoms with E-state index in [0.29, 0.717) is 16.3 Å². The Balaban J connectivity index is 1.92. The number of para-hydroxylation sites is 1. The zero-order valence-electron chi connectivity index (χ0n) is 10.1. The van der Waals surface area contributed by atoms with Crippen LogP contribution in [0.5, 0.6) is 5.75 Å². The molecule has 0 fully saturated rings. The summed E-state index contributed by atoms with van der Waals surface area (Å²) in [4.78, 5) is 11.7. The first-order chi connectivity index (χ1) is 9.16. The fourth-order valence-corrected chi connectivity index (χ4v) is 1.82. The maximum atomic E-state index is 13.4. The molecule has 0 spiro atoms. The van der Waals surface area contributed by atoms with Crippen molar-refractivity contribution in [2.24, 2.45) is 0 Å². The molecule has 19 heavy (non-hydrogen) atoms. The second-order valence-electron chi connectivity index (χ2n) is 4.03. The highest BCUT2D eigenvalue weighted by molar-refractivity contribution is 6.32. The lowest BCUT2D eigenvalue weighted by Gasteiger charge is -2.07. The fourth-order valence-electron chi connectivity index (χ4n) is 1.63. The van der Waals surface area contributed by atoms with E-state index in [1.54, 1.807) is 42.5 Å². The average molecular weight is 279 g/mol. The van der Waals surface area contributed by atoms with Crippen molar-refractivity contribution in [1.82, 2.24) is 0 Å². The van der Waals surface area contributed by atoms with E-state index < -0.39 is 0 Å². The van der Waals surface area contributed by atoms with Crippen molar-refractivity contribution in [3.63, 3.8) is 0 Å². The van der Waals surface area contributed by atoms with Gasteiger partial charge in [0, 0.05) is 6.42 Å². The first-order valence-corrected chi connectivity index (χ1v) is 6.17. The van der Waals surface area contributed by atoms with E-state index in [9.17, 15) is 9.18 Å². The molecule has 0 atom stereocenters. The van der Waals surface area contributed by atoms with Crippen molar-refractivity contribution in [1.29, 1.82) is 0 Å². The Labute approximate surface area is 115 Å². The van der Waals surface area contributed by atoms with Gasteiger partial charge in [0.05, 0.1) is 5.02 Å². The molecule has 2 nitrogen and oxygen atoms in total. The van der Waals surface area contributed by atoms with Crippen molar-refractivity contribution in [2.45, 2.75) is 6.42 Å². The molecule has 0 saturated heterocycles. The van der Waals surface area contributed by atoms with E-state index in [4.69, 9.17) is 16.3 Å². The average Bonchev–Trinajstić information content (AvgIpc) is 2.40. The molecular formula is C15H12ClFO2. The molecule has 98 valence electrons. The number of hydrogen-bond donors (Lipinski definition) is 0. The summed E-state index contributed by atoms with van der Waals surface area (Å²) in [7, 11) is 0. The number of ether oxygens (including phenoxy) is 1. The van der Waals surface area contributed by atoms with E-state index in [-0.39, 0.29) is 24.6 Å². The molecule has 0 bridgehead atoms. The molecule has 0 aliphatic rings. The summed E-state index contributed by atoms with van der Waals surface area (Å²) in [6, 6.07) is 13.1. The number of rotatable bonds is 5. The van der Waals surface area contributed by atoms with Crippen molar-refractivity contribution in [2.75, 3.05) is 6.61 Å². The zero-order chi connectivity index (χ0) is 13.7. The van der Waals surface area contributed by atoms with Gasteiger partial charge in [0.25, 0.3) is 0 Å². The van der Waals surface area contributed by atoms with E-state index >= 15 is 0 Å². The normalized spacial score (nSPS) is 10.2. The summed E-state index contributed by atoms with van der Waals surface area (Å²) in [5.74, 6) is -0.135. The molecule has 0 radical (unpaired) electrons. The lowest BCUT2D eigenvalue weighted by atomic mass is 10.1. The van der Waals surface area contributed by atoms with Crippen LogP contribution in [-0.4, -0.2) is 12.4 Å². The van der Waals surface area contributed by atoms with Gasteiger partial charge in [-0.1, -0.05) is 41.9 Å². The maximum Gasteiger partial charge on any atom is 0.174 e. The van der Waals surface area contributed by atoms with E-state index in [1.165, 1.54) is 6.07 Å². The lowest BCUT2D eigenvalue weighted by molar-refractivity contribution is -0.120. The minimum absolute atomic E-state index is 0.0110. The van der Waals surface area contributed by atoms with Crippen molar-refractivity contribution in [3.8, 4) is 5.75 Å². The topological polar surface area (TPSA) is 26.3 Å². The molecule has 0 saturated carbocycles. The smallest absolute Gasteiger partial charge is 0.174 e. The van der Waals surface area contributed by atoms with Crippen LogP contribution in [0.4, 0.5) is 4.39 Å². The number of benzene rings is 2. The molecule has 0 N–H and O–H groups in total. The highest BCUT2D eigenvalue weighted by Gasteiger charge is 2.09. The molecule has 0 amide bonds. The first-order valence-electron chi connectivity index (χ1n) is 5.79. The van der Waals surface area contributed by atoms with Gasteiger partial charge < -0.3 is 4.74 Å². The molecule has 0 aliphatic heterocycles. The summed E-state index contributed by atoms with van der Waals surface area (Å²) < 4.78 is 18.7. The number of carbonyl (C=O) groups is 1. The minimum Gasteiger partial charge on any atom is -0.484 e. The Kier molecular flexibility index (Phi) is 4.53. The SMILES string of the molecule is O=C(COc1ccccc1Cl)Cc1ccccc1F. The maximum absolute atomic E-state index is 13.4. The summed E-state index contributed by atoms with van der Waals surface area (Å²) in [5, 5.41) is 0.446. The molecule has 2 aromatic carbocycles. The summed E-state index contributed by atoms with van der Waals surface area (Å²) in [6.45, 7) is -0.127. The van der Waals surface area contributed by atoms with Gasteiger partial charge >= 0.3 is 0 Å². The van der Waals surface area contributed by atoms with Gasteiger partial charge in [-0.05, 0) is 23.8 Å². The Morgan fingerprint density at radius 2 is 1.79 bits per heavy atom. The number of carbonyl (C=O) groups excluding carboxylic acids is 1. The number of ketones is 1. The van der Waals surface area contributed by atoms with Crippen LogP contribution < -0.4 is 4.74 Å². The molecule has 0 aliphatic carbocycles. The quantitative estimate of drug-likeness (QED) is 0.834. The van der Waals surface area contributed by atoms with Gasteiger partial charge in [0.15, 0.2) is 5.78 Å². The molecule has 4 heteroatoms. The number of Topliss-reactive ketones (excluding diaryl/α,β-unsaturated/α-hetero) is 1. The second kappa shape index (κ2) is 6.34. The number of halogens is 2. The predicted molar refractivity (Wildman–Crippen MR) is 72.1 cm³/mol. The van der Waals surface area contributed by atoms with Gasteiger partial charge in [-0.15, -0.1) is 0 Å². The van der Waals surface area contributed by atoms with E-state index in [2.05, 4.69) is 0 Å². The standard InChI is InChI=1S/C15H12ClFO2/c16-13-6-2-4-8-15(13)19-10-12(18)9-11-5-1-3-7-14(11)17/h1-8H,9-10H2. The van der Waals surface area contributed by atoms with E-state index in [1.807, 2.05) is 0 Å². The van der Waals surface area contributed by atoms with Crippen LogP contribution in [0.15, 0.2) is 48.5 Å². The molecule has 0 aromatic heterocycles. The fraction of sp³-hybridized carbons (Fsp3) is 0.133. The van der Waals surface area contributed by atoms with Crippen LogP contribution in [0.3, 0.4) is 0 Å². The Bertz CT molecular complexity index is 584. The molecule has 0 heterocycles. The van der Waals surface area contributed by atoms with Crippen LogP contribution in [0.2, 0.25) is 5.02 Å². The van der Waals surface area contributed by atoms with E-state index in [0.717, 1.165) is 0 Å². The van der Waals surface area contributed by atoms with Gasteiger partial charge in [0.2, 0.25) is 0 Å². The van der Waals surface area contributed by atoms with Crippen LogP contribution in [0.25, 0.3) is 0 Å². The third kappa shape index (κ3) is 3.80. The monoisotopic (exact) mass is 278 g/mol. The van der Waals surface area contributed by atoms with Crippen molar-refractivity contribution in [3.05, 3.63) is 64.9 Å².